The van der Waals surface area contributed by atoms with Crippen molar-refractivity contribution in [1.82, 2.24) is 24.6 Å². The van der Waals surface area contributed by atoms with Gasteiger partial charge in [0.1, 0.15) is 6.10 Å². The molecule has 0 bridgehead atoms. The fourth-order valence-corrected chi connectivity index (χ4v) is 2.94. The van der Waals surface area contributed by atoms with Gasteiger partial charge in [-0.3, -0.25) is 4.68 Å². The maximum absolute atomic E-state index is 12.2. The third kappa shape index (κ3) is 3.94. The zero-order valence-corrected chi connectivity index (χ0v) is 14.1. The van der Waals surface area contributed by atoms with E-state index in [2.05, 4.69) is 27.6 Å². The summed E-state index contributed by atoms with van der Waals surface area (Å²) in [6.45, 7) is 3.55. The van der Waals surface area contributed by atoms with Crippen molar-refractivity contribution in [1.29, 1.82) is 0 Å². The lowest BCUT2D eigenvalue weighted by Gasteiger charge is -2.30. The molecule has 1 saturated heterocycles. The van der Waals surface area contributed by atoms with Gasteiger partial charge in [0.2, 0.25) is 0 Å². The highest BCUT2D eigenvalue weighted by Gasteiger charge is 2.26. The molecule has 1 aliphatic heterocycles. The number of carbonyl (C=O) groups is 1. The van der Waals surface area contributed by atoms with Gasteiger partial charge in [0.15, 0.2) is 0 Å². The third-order valence-electron chi connectivity index (χ3n) is 4.15. The molecule has 2 amide bonds. The van der Waals surface area contributed by atoms with Gasteiger partial charge in [-0.05, 0) is 19.3 Å². The van der Waals surface area contributed by atoms with E-state index in [1.54, 1.807) is 12.5 Å². The highest BCUT2D eigenvalue weighted by atomic mass is 16.5. The molecule has 1 fully saturated rings. The average molecular weight is 332 g/mol. The molecular formula is C16H24N6O2. The van der Waals surface area contributed by atoms with Gasteiger partial charge < -0.3 is 19.9 Å². The first-order valence-corrected chi connectivity index (χ1v) is 8.33. The highest BCUT2D eigenvalue weighted by Crippen LogP contribution is 2.27. The molecule has 0 unspecified atom stereocenters. The Balaban J connectivity index is 1.53. The number of rotatable bonds is 5. The fourth-order valence-electron chi connectivity index (χ4n) is 2.94. The molecule has 0 spiro atoms. The number of nitrogens with one attached hydrogen (secondary N) is 2. The zero-order valence-electron chi connectivity index (χ0n) is 14.1. The van der Waals surface area contributed by atoms with E-state index in [4.69, 9.17) is 4.74 Å². The topological polar surface area (TPSA) is 86.0 Å². The first-order chi connectivity index (χ1) is 11.7. The van der Waals surface area contributed by atoms with Crippen LogP contribution in [0.3, 0.4) is 0 Å². The number of imidazole rings is 1. The van der Waals surface area contributed by atoms with Crippen LogP contribution in [-0.4, -0.2) is 38.0 Å². The van der Waals surface area contributed by atoms with Crippen molar-refractivity contribution >= 4 is 11.7 Å². The van der Waals surface area contributed by atoms with Crippen LogP contribution in [0.15, 0.2) is 24.9 Å². The predicted octanol–water partition coefficient (Wildman–Crippen LogP) is 2.07. The number of nitrogens with zero attached hydrogens (tertiary/aromatic N) is 4. The van der Waals surface area contributed by atoms with Crippen LogP contribution >= 0.6 is 0 Å². The normalized spacial score (nSPS) is 20.8. The predicted molar refractivity (Wildman–Crippen MR) is 89.6 cm³/mol. The van der Waals surface area contributed by atoms with Gasteiger partial charge in [-0.15, -0.1) is 0 Å². The van der Waals surface area contributed by atoms with E-state index in [0.29, 0.717) is 12.3 Å². The van der Waals surface area contributed by atoms with Crippen LogP contribution in [0.25, 0.3) is 0 Å². The van der Waals surface area contributed by atoms with Gasteiger partial charge in [0.05, 0.1) is 30.1 Å². The monoisotopic (exact) mass is 332 g/mol. The Morgan fingerprint density at radius 1 is 1.46 bits per heavy atom. The zero-order chi connectivity index (χ0) is 16.9. The molecule has 0 saturated carbocycles. The summed E-state index contributed by atoms with van der Waals surface area (Å²) >= 11 is 0. The first kappa shape index (κ1) is 16.5. The Morgan fingerprint density at radius 2 is 2.33 bits per heavy atom. The van der Waals surface area contributed by atoms with Crippen molar-refractivity contribution in [3.63, 3.8) is 0 Å². The van der Waals surface area contributed by atoms with Gasteiger partial charge in [0.25, 0.3) is 0 Å². The molecule has 3 heterocycles. The van der Waals surface area contributed by atoms with Crippen LogP contribution in [-0.2, 0) is 18.3 Å². The van der Waals surface area contributed by atoms with Crippen molar-refractivity contribution in [3.05, 3.63) is 30.6 Å². The Labute approximate surface area is 141 Å². The Hall–Kier alpha value is -2.35. The molecule has 8 heteroatoms. The van der Waals surface area contributed by atoms with Crippen LogP contribution in [0, 0.1) is 0 Å². The lowest BCUT2D eigenvalue weighted by Crippen LogP contribution is -2.42. The van der Waals surface area contributed by atoms with Gasteiger partial charge >= 0.3 is 6.03 Å². The SMILES string of the molecule is CCCn1cc(NC(=O)N[C@@H]2CCO[C@@H](c3cncn3C)C2)cn1. The standard InChI is InChI=1S/C16H24N6O2/c1-3-5-22-10-13(8-18-22)20-16(23)19-12-4-6-24-15(7-12)14-9-17-11-21(14)2/h8-12,15H,3-7H2,1-2H3,(H2,19,20,23)/t12-,15-/m1/s1. The van der Waals surface area contributed by atoms with Gasteiger partial charge in [0, 0.05) is 32.4 Å². The van der Waals surface area contributed by atoms with Crippen LogP contribution in [0.1, 0.15) is 38.0 Å². The summed E-state index contributed by atoms with van der Waals surface area (Å²) in [5.41, 5.74) is 1.74. The lowest BCUT2D eigenvalue weighted by atomic mass is 10.0. The Bertz CT molecular complexity index is 680. The van der Waals surface area contributed by atoms with Crippen LogP contribution in [0.4, 0.5) is 10.5 Å². The highest BCUT2D eigenvalue weighted by molar-refractivity contribution is 5.89. The number of anilines is 1. The second-order valence-corrected chi connectivity index (χ2v) is 6.10. The summed E-state index contributed by atoms with van der Waals surface area (Å²) in [5.74, 6) is 0. The number of aryl methyl sites for hydroxylation is 2. The molecule has 0 radical (unpaired) electrons. The average Bonchev–Trinajstić information content (AvgIpc) is 3.17. The summed E-state index contributed by atoms with van der Waals surface area (Å²) in [6, 6.07) is -0.133. The van der Waals surface area contributed by atoms with E-state index in [1.165, 1.54) is 0 Å². The molecule has 130 valence electrons. The minimum atomic E-state index is -0.207. The molecule has 0 aromatic carbocycles. The van der Waals surface area contributed by atoms with Crippen molar-refractivity contribution in [2.45, 2.75) is 44.9 Å². The van der Waals surface area contributed by atoms with Crippen molar-refractivity contribution in [2.24, 2.45) is 7.05 Å². The van der Waals surface area contributed by atoms with Gasteiger partial charge in [-0.1, -0.05) is 6.92 Å². The summed E-state index contributed by atoms with van der Waals surface area (Å²) < 4.78 is 9.59. The van der Waals surface area contributed by atoms with E-state index in [9.17, 15) is 4.79 Å². The first-order valence-electron chi connectivity index (χ1n) is 8.33. The number of ether oxygens (including phenoxy) is 1. The molecule has 2 aromatic heterocycles. The number of urea groups is 1. The van der Waals surface area contributed by atoms with Gasteiger partial charge in [-0.25, -0.2) is 9.78 Å². The molecule has 0 aliphatic carbocycles. The van der Waals surface area contributed by atoms with Crippen molar-refractivity contribution < 1.29 is 9.53 Å². The summed E-state index contributed by atoms with van der Waals surface area (Å²) in [7, 11) is 1.95. The number of carbonyl (C=O) groups excluding carboxylic acids is 1. The maximum atomic E-state index is 12.2. The van der Waals surface area contributed by atoms with E-state index < -0.39 is 0 Å². The minimum absolute atomic E-state index is 0.0381. The third-order valence-corrected chi connectivity index (χ3v) is 4.15. The van der Waals surface area contributed by atoms with E-state index >= 15 is 0 Å². The molecule has 2 N–H and O–H groups in total. The second kappa shape index (κ2) is 7.48. The quantitative estimate of drug-likeness (QED) is 0.877. The molecule has 8 nitrogen and oxygen atoms in total. The molecule has 2 atom stereocenters. The summed E-state index contributed by atoms with van der Waals surface area (Å²) in [4.78, 5) is 16.3. The van der Waals surface area contributed by atoms with Crippen molar-refractivity contribution in [3.8, 4) is 0 Å². The Kier molecular flexibility index (Phi) is 5.14. The Morgan fingerprint density at radius 3 is 3.08 bits per heavy atom. The van der Waals surface area contributed by atoms with E-state index in [1.807, 2.05) is 28.7 Å². The second-order valence-electron chi connectivity index (χ2n) is 6.10. The molecule has 24 heavy (non-hydrogen) atoms. The fraction of sp³-hybridized carbons (Fsp3) is 0.562. The molecule has 1 aliphatic rings. The van der Waals surface area contributed by atoms with Crippen molar-refractivity contribution in [2.75, 3.05) is 11.9 Å². The van der Waals surface area contributed by atoms with Crippen LogP contribution in [0.2, 0.25) is 0 Å². The van der Waals surface area contributed by atoms with E-state index in [-0.39, 0.29) is 18.2 Å². The smallest absolute Gasteiger partial charge is 0.319 e. The lowest BCUT2D eigenvalue weighted by molar-refractivity contribution is -0.00151. The number of amides is 2. The van der Waals surface area contributed by atoms with E-state index in [0.717, 1.165) is 31.5 Å². The summed E-state index contributed by atoms with van der Waals surface area (Å²) in [5, 5.41) is 10.1. The minimum Gasteiger partial charge on any atom is -0.372 e. The van der Waals surface area contributed by atoms with Crippen LogP contribution in [0.5, 0.6) is 0 Å². The number of hydrogen-bond donors (Lipinski definition) is 2. The molecular weight excluding hydrogens is 308 g/mol. The number of aromatic nitrogens is 4. The number of hydrogen-bond acceptors (Lipinski definition) is 4. The van der Waals surface area contributed by atoms with Gasteiger partial charge in [-0.2, -0.15) is 5.10 Å². The molecule has 3 rings (SSSR count). The maximum Gasteiger partial charge on any atom is 0.319 e. The van der Waals surface area contributed by atoms with Crippen LogP contribution < -0.4 is 10.6 Å². The molecule has 2 aromatic rings. The summed E-state index contributed by atoms with van der Waals surface area (Å²) in [6.07, 6.45) is 9.59. The largest absolute Gasteiger partial charge is 0.372 e.